The molecule has 0 radical (unpaired) electrons. The van der Waals surface area contributed by atoms with Crippen molar-refractivity contribution >= 4 is 54.0 Å². The lowest BCUT2D eigenvalue weighted by Gasteiger charge is -2.19. The van der Waals surface area contributed by atoms with Crippen LogP contribution in [0.15, 0.2) is 176 Å². The SMILES string of the molecule is Cc1ccc2c(c1)c(-c1ccc3c4c(cccc14)-c1c-3c(-c3ccccc3)c3ncccc3c1-c1ccccc1)cc1c3ccc(C)c4c3c(cc21)-c1ccccc1-4. The minimum absolute atomic E-state index is 1.03. The van der Waals surface area contributed by atoms with Crippen LogP contribution in [0.2, 0.25) is 0 Å². The van der Waals surface area contributed by atoms with Crippen LogP contribution in [0.4, 0.5) is 0 Å². The number of aryl methyl sites for hydroxylation is 2. The van der Waals surface area contributed by atoms with E-state index in [9.17, 15) is 0 Å². The van der Waals surface area contributed by atoms with Gasteiger partial charge in [-0.1, -0.05) is 157 Å². The number of rotatable bonds is 3. The Morgan fingerprint density at radius 1 is 0.310 bits per heavy atom. The van der Waals surface area contributed by atoms with Gasteiger partial charge >= 0.3 is 0 Å². The van der Waals surface area contributed by atoms with Crippen LogP contribution in [-0.2, 0) is 0 Å². The molecule has 0 bridgehead atoms. The summed E-state index contributed by atoms with van der Waals surface area (Å²) in [4.78, 5) is 5.14. The fraction of sp³-hybridized carbons (Fsp3) is 0.0351. The zero-order chi connectivity index (χ0) is 38.2. The van der Waals surface area contributed by atoms with Crippen LogP contribution in [0.25, 0.3) is 132 Å². The standard InChI is InChI=1S/C57H35N/c1-32-22-24-38-45(29-32)46(30-48-41-25-23-33(2)50-39-18-10-9-17-36(39)49(54(41)50)31-47(38)48)37-26-27-43-53-40(37)19-11-20-42(53)55-51(34-13-5-3-6-14-34)44-21-12-28-58-57(44)52(56(43)55)35-15-7-4-8-16-35/h3-31H,1-2H3. The number of benzene rings is 10. The van der Waals surface area contributed by atoms with E-state index in [0.717, 1.165) is 5.52 Å². The minimum atomic E-state index is 1.03. The number of hydrogen-bond acceptors (Lipinski definition) is 1. The molecule has 2 aliphatic carbocycles. The Kier molecular flexibility index (Phi) is 6.36. The van der Waals surface area contributed by atoms with Crippen LogP contribution >= 0.6 is 0 Å². The number of aromatic nitrogens is 1. The Hall–Kier alpha value is -7.35. The van der Waals surface area contributed by atoms with Gasteiger partial charge in [0.2, 0.25) is 0 Å². The molecule has 1 heteroatoms. The van der Waals surface area contributed by atoms with Crippen molar-refractivity contribution in [3.8, 4) is 77.9 Å². The number of hydrogen-bond donors (Lipinski definition) is 0. The van der Waals surface area contributed by atoms with Gasteiger partial charge in [0.05, 0.1) is 5.52 Å². The first-order chi connectivity index (χ1) is 28.6. The summed E-state index contributed by atoms with van der Waals surface area (Å²) in [5.41, 5.74) is 21.5. The molecule has 0 N–H and O–H groups in total. The molecule has 13 rings (SSSR count). The van der Waals surface area contributed by atoms with Gasteiger partial charge in [-0.2, -0.15) is 0 Å². The Bertz CT molecular complexity index is 3520. The second kappa shape index (κ2) is 11.6. The van der Waals surface area contributed by atoms with Gasteiger partial charge in [0.1, 0.15) is 0 Å². The van der Waals surface area contributed by atoms with Crippen LogP contribution in [0.1, 0.15) is 11.1 Å². The summed E-state index contributed by atoms with van der Waals surface area (Å²) in [6.45, 7) is 4.48. The third-order valence-electron chi connectivity index (χ3n) is 13.1. The molecule has 0 saturated carbocycles. The van der Waals surface area contributed by atoms with E-state index in [0.29, 0.717) is 0 Å². The van der Waals surface area contributed by atoms with Crippen molar-refractivity contribution in [1.82, 2.24) is 4.98 Å². The second-order valence-electron chi connectivity index (χ2n) is 16.2. The highest BCUT2D eigenvalue weighted by Crippen LogP contribution is 2.59. The molecule has 268 valence electrons. The second-order valence-corrected chi connectivity index (χ2v) is 16.2. The molecule has 1 nitrogen and oxygen atoms in total. The lowest BCUT2D eigenvalue weighted by atomic mass is 9.84. The van der Waals surface area contributed by atoms with E-state index in [1.54, 1.807) is 0 Å². The Morgan fingerprint density at radius 3 is 1.78 bits per heavy atom. The van der Waals surface area contributed by atoms with Gasteiger partial charge < -0.3 is 0 Å². The van der Waals surface area contributed by atoms with Crippen molar-refractivity contribution in [3.05, 3.63) is 187 Å². The van der Waals surface area contributed by atoms with E-state index in [-0.39, 0.29) is 0 Å². The smallest absolute Gasteiger partial charge is 0.0793 e. The molecule has 10 aromatic carbocycles. The van der Waals surface area contributed by atoms with Crippen LogP contribution < -0.4 is 0 Å². The van der Waals surface area contributed by atoms with Gasteiger partial charge in [-0.15, -0.1) is 0 Å². The van der Waals surface area contributed by atoms with Gasteiger partial charge in [-0.25, -0.2) is 0 Å². The Balaban J connectivity index is 1.16. The summed E-state index contributed by atoms with van der Waals surface area (Å²) < 4.78 is 0. The lowest BCUT2D eigenvalue weighted by molar-refractivity contribution is 1.41. The van der Waals surface area contributed by atoms with Crippen molar-refractivity contribution in [2.45, 2.75) is 13.8 Å². The first-order valence-electron chi connectivity index (χ1n) is 20.3. The zero-order valence-corrected chi connectivity index (χ0v) is 32.2. The summed E-state index contributed by atoms with van der Waals surface area (Å²) in [6.07, 6.45) is 1.94. The van der Waals surface area contributed by atoms with Crippen molar-refractivity contribution in [3.63, 3.8) is 0 Å². The van der Waals surface area contributed by atoms with Crippen molar-refractivity contribution in [1.29, 1.82) is 0 Å². The number of pyridine rings is 1. The van der Waals surface area contributed by atoms with Gasteiger partial charge in [0, 0.05) is 22.7 Å². The lowest BCUT2D eigenvalue weighted by Crippen LogP contribution is -1.95. The quantitative estimate of drug-likeness (QED) is 0.165. The third kappa shape index (κ3) is 4.12. The van der Waals surface area contributed by atoms with Crippen LogP contribution in [0.3, 0.4) is 0 Å². The molecule has 0 unspecified atom stereocenters. The molecule has 0 atom stereocenters. The van der Waals surface area contributed by atoms with Crippen LogP contribution in [0.5, 0.6) is 0 Å². The van der Waals surface area contributed by atoms with Crippen molar-refractivity contribution in [2.24, 2.45) is 0 Å². The zero-order valence-electron chi connectivity index (χ0n) is 32.2. The normalized spacial score (nSPS) is 12.3. The fourth-order valence-corrected chi connectivity index (χ4v) is 10.8. The molecule has 2 aliphatic rings. The van der Waals surface area contributed by atoms with E-state index in [1.165, 1.54) is 137 Å². The minimum Gasteiger partial charge on any atom is -0.256 e. The summed E-state index contributed by atoms with van der Waals surface area (Å²) >= 11 is 0. The Morgan fingerprint density at radius 2 is 0.948 bits per heavy atom. The van der Waals surface area contributed by atoms with E-state index in [1.807, 2.05) is 6.20 Å². The average Bonchev–Trinajstić information content (AvgIpc) is 3.79. The van der Waals surface area contributed by atoms with Gasteiger partial charge in [0.15, 0.2) is 0 Å². The molecule has 1 aromatic heterocycles. The number of fused-ring (bicyclic) bond motifs is 11. The van der Waals surface area contributed by atoms with Crippen LogP contribution in [-0.4, -0.2) is 4.98 Å². The predicted molar refractivity (Wildman–Crippen MR) is 246 cm³/mol. The first kappa shape index (κ1) is 31.8. The molecule has 58 heavy (non-hydrogen) atoms. The molecular weight excluding hydrogens is 699 g/mol. The maximum atomic E-state index is 5.14. The van der Waals surface area contributed by atoms with Crippen molar-refractivity contribution in [2.75, 3.05) is 0 Å². The predicted octanol–water partition coefficient (Wildman–Crippen LogP) is 15.8. The molecule has 0 saturated heterocycles. The van der Waals surface area contributed by atoms with Gasteiger partial charge in [0.25, 0.3) is 0 Å². The average molecular weight is 734 g/mol. The molecule has 1 heterocycles. The summed E-state index contributed by atoms with van der Waals surface area (Å²) in [5, 5.41) is 11.7. The number of nitrogens with zero attached hydrogens (tertiary/aromatic N) is 1. The monoisotopic (exact) mass is 733 g/mol. The summed E-state index contributed by atoms with van der Waals surface area (Å²) in [5.74, 6) is 0. The van der Waals surface area contributed by atoms with E-state index < -0.39 is 0 Å². The van der Waals surface area contributed by atoms with E-state index in [4.69, 9.17) is 4.98 Å². The highest BCUT2D eigenvalue weighted by Gasteiger charge is 2.32. The largest absolute Gasteiger partial charge is 0.256 e. The summed E-state index contributed by atoms with van der Waals surface area (Å²) in [6, 6.07) is 63.6. The molecular formula is C57H35N. The van der Waals surface area contributed by atoms with E-state index >= 15 is 0 Å². The highest BCUT2D eigenvalue weighted by molar-refractivity contribution is 6.32. The summed E-state index contributed by atoms with van der Waals surface area (Å²) in [7, 11) is 0. The van der Waals surface area contributed by atoms with Gasteiger partial charge in [-0.05, 0) is 147 Å². The molecule has 0 spiro atoms. The third-order valence-corrected chi connectivity index (χ3v) is 13.1. The first-order valence-corrected chi connectivity index (χ1v) is 20.3. The van der Waals surface area contributed by atoms with Gasteiger partial charge in [-0.3, -0.25) is 4.98 Å². The molecule has 11 aromatic rings. The fourth-order valence-electron chi connectivity index (χ4n) is 10.8. The van der Waals surface area contributed by atoms with Crippen molar-refractivity contribution < 1.29 is 0 Å². The van der Waals surface area contributed by atoms with E-state index in [2.05, 4.69) is 184 Å². The maximum absolute atomic E-state index is 5.14. The topological polar surface area (TPSA) is 12.9 Å². The van der Waals surface area contributed by atoms with Crippen LogP contribution in [0, 0.1) is 13.8 Å². The highest BCUT2D eigenvalue weighted by atomic mass is 14.7. The maximum Gasteiger partial charge on any atom is 0.0793 e. The Labute approximate surface area is 336 Å². The molecule has 0 fully saturated rings. The molecule has 0 aliphatic heterocycles. The molecule has 0 amide bonds.